The lowest BCUT2D eigenvalue weighted by atomic mass is 10.1. The second-order valence-electron chi connectivity index (χ2n) is 6.14. The molecule has 0 unspecified atom stereocenters. The lowest BCUT2D eigenvalue weighted by Crippen LogP contribution is -2.31. The van der Waals surface area contributed by atoms with Gasteiger partial charge >= 0.3 is 6.18 Å². The van der Waals surface area contributed by atoms with Crippen molar-refractivity contribution >= 4 is 28.9 Å². The molecule has 1 N–H and O–H groups in total. The third-order valence-electron chi connectivity index (χ3n) is 4.16. The summed E-state index contributed by atoms with van der Waals surface area (Å²) in [6.45, 7) is 1.51. The van der Waals surface area contributed by atoms with Crippen LogP contribution in [0.5, 0.6) is 0 Å². The first-order valence-corrected chi connectivity index (χ1v) is 9.15. The number of rotatable bonds is 9. The van der Waals surface area contributed by atoms with Crippen molar-refractivity contribution in [2.75, 3.05) is 50.7 Å². The Morgan fingerprint density at radius 2 is 1.69 bits per heavy atom. The van der Waals surface area contributed by atoms with Crippen molar-refractivity contribution in [3.63, 3.8) is 0 Å². The Kier molecular flexibility index (Phi) is 8.31. The smallest absolute Gasteiger partial charge is 0.383 e. The molecular formula is C20H22ClF3N2O3. The number of carbonyl (C=O) groups is 1. The van der Waals surface area contributed by atoms with E-state index in [1.165, 1.54) is 32.4 Å². The number of carbonyl (C=O) groups excluding carboxylic acids is 1. The summed E-state index contributed by atoms with van der Waals surface area (Å²) in [6.07, 6.45) is -4.55. The Balaban J connectivity index is 2.44. The molecule has 0 atom stereocenters. The molecule has 0 aliphatic rings. The van der Waals surface area contributed by atoms with Crippen molar-refractivity contribution in [1.82, 2.24) is 0 Å². The maximum atomic E-state index is 13.2. The zero-order valence-electron chi connectivity index (χ0n) is 16.1. The van der Waals surface area contributed by atoms with Crippen LogP contribution in [0.2, 0.25) is 5.02 Å². The lowest BCUT2D eigenvalue weighted by Gasteiger charge is -2.27. The standard InChI is InChI=1S/C20H22ClF3N2O3/c1-28-11-9-26(10-12-29-2)18-8-7-14(20(22,23)24)13-17(18)25-19(27)15-5-3-4-6-16(15)21/h3-8,13H,9-12H2,1-2H3,(H,25,27). The van der Waals surface area contributed by atoms with Gasteiger partial charge in [-0.05, 0) is 30.3 Å². The lowest BCUT2D eigenvalue weighted by molar-refractivity contribution is -0.137. The molecule has 0 aromatic heterocycles. The number of hydrogen-bond donors (Lipinski definition) is 1. The van der Waals surface area contributed by atoms with Gasteiger partial charge in [0.15, 0.2) is 0 Å². The number of halogens is 4. The zero-order valence-corrected chi connectivity index (χ0v) is 16.8. The minimum atomic E-state index is -4.55. The van der Waals surface area contributed by atoms with Gasteiger partial charge in [0, 0.05) is 27.3 Å². The van der Waals surface area contributed by atoms with Crippen molar-refractivity contribution in [2.24, 2.45) is 0 Å². The van der Waals surface area contributed by atoms with Gasteiger partial charge in [0.2, 0.25) is 0 Å². The highest BCUT2D eigenvalue weighted by Crippen LogP contribution is 2.36. The molecule has 2 rings (SSSR count). The summed E-state index contributed by atoms with van der Waals surface area (Å²) in [5.41, 5.74) is -0.253. The fraction of sp³-hybridized carbons (Fsp3) is 0.350. The van der Waals surface area contributed by atoms with Crippen LogP contribution in [-0.2, 0) is 15.7 Å². The number of methoxy groups -OCH3 is 2. The minimum absolute atomic E-state index is 0.0250. The molecule has 0 spiro atoms. The third-order valence-corrected chi connectivity index (χ3v) is 4.49. The highest BCUT2D eigenvalue weighted by atomic mass is 35.5. The van der Waals surface area contributed by atoms with Crippen molar-refractivity contribution < 1.29 is 27.4 Å². The maximum absolute atomic E-state index is 13.2. The van der Waals surface area contributed by atoms with Crippen molar-refractivity contribution in [3.05, 3.63) is 58.6 Å². The van der Waals surface area contributed by atoms with Crippen LogP contribution in [-0.4, -0.2) is 46.4 Å². The Bertz CT molecular complexity index is 823. The predicted molar refractivity (Wildman–Crippen MR) is 107 cm³/mol. The monoisotopic (exact) mass is 430 g/mol. The highest BCUT2D eigenvalue weighted by molar-refractivity contribution is 6.34. The van der Waals surface area contributed by atoms with E-state index in [4.69, 9.17) is 21.1 Å². The topological polar surface area (TPSA) is 50.8 Å². The predicted octanol–water partition coefficient (Wildman–Crippen LogP) is 4.71. The minimum Gasteiger partial charge on any atom is -0.383 e. The van der Waals surface area contributed by atoms with E-state index in [0.717, 1.165) is 12.1 Å². The van der Waals surface area contributed by atoms with Crippen molar-refractivity contribution in [2.45, 2.75) is 6.18 Å². The van der Waals surface area contributed by atoms with E-state index in [1.807, 2.05) is 0 Å². The zero-order chi connectivity index (χ0) is 21.4. The summed E-state index contributed by atoms with van der Waals surface area (Å²) in [4.78, 5) is 14.4. The number of nitrogens with one attached hydrogen (secondary N) is 1. The second kappa shape index (κ2) is 10.5. The molecule has 0 saturated carbocycles. The molecule has 158 valence electrons. The van der Waals surface area contributed by atoms with Gasteiger partial charge in [-0.25, -0.2) is 0 Å². The second-order valence-corrected chi connectivity index (χ2v) is 6.54. The molecule has 1 amide bonds. The Labute approximate surface area is 172 Å². The summed E-state index contributed by atoms with van der Waals surface area (Å²) in [5.74, 6) is -0.602. The van der Waals surface area contributed by atoms with E-state index in [1.54, 1.807) is 17.0 Å². The van der Waals surface area contributed by atoms with Crippen LogP contribution in [0, 0.1) is 0 Å². The number of nitrogens with zero attached hydrogens (tertiary/aromatic N) is 1. The van der Waals surface area contributed by atoms with E-state index in [-0.39, 0.29) is 16.3 Å². The first-order valence-electron chi connectivity index (χ1n) is 8.78. The number of amides is 1. The fourth-order valence-electron chi connectivity index (χ4n) is 2.68. The van der Waals surface area contributed by atoms with Crippen LogP contribution < -0.4 is 10.2 Å². The fourth-order valence-corrected chi connectivity index (χ4v) is 2.90. The molecule has 0 radical (unpaired) electrons. The van der Waals surface area contributed by atoms with Gasteiger partial charge in [0.1, 0.15) is 0 Å². The molecule has 0 heterocycles. The summed E-state index contributed by atoms with van der Waals surface area (Å²) >= 11 is 6.04. The van der Waals surface area contributed by atoms with Crippen LogP contribution >= 0.6 is 11.6 Å². The van der Waals surface area contributed by atoms with Gasteiger partial charge in [0.25, 0.3) is 5.91 Å². The van der Waals surface area contributed by atoms with Crippen LogP contribution in [0.4, 0.5) is 24.5 Å². The average molecular weight is 431 g/mol. The van der Waals surface area contributed by atoms with Crippen molar-refractivity contribution in [3.8, 4) is 0 Å². The summed E-state index contributed by atoms with van der Waals surface area (Å²) in [7, 11) is 3.06. The van der Waals surface area contributed by atoms with E-state index in [0.29, 0.717) is 32.0 Å². The van der Waals surface area contributed by atoms with Gasteiger partial charge in [-0.15, -0.1) is 0 Å². The Hall–Kier alpha value is -2.29. The quantitative estimate of drug-likeness (QED) is 0.626. The normalized spacial score (nSPS) is 11.4. The van der Waals surface area contributed by atoms with Crippen molar-refractivity contribution in [1.29, 1.82) is 0 Å². The largest absolute Gasteiger partial charge is 0.416 e. The molecule has 0 fully saturated rings. The maximum Gasteiger partial charge on any atom is 0.416 e. The molecule has 0 aliphatic heterocycles. The molecule has 0 saturated heterocycles. The first-order chi connectivity index (χ1) is 13.8. The van der Waals surface area contributed by atoms with Gasteiger partial charge in [-0.1, -0.05) is 23.7 Å². The summed E-state index contributed by atoms with van der Waals surface area (Å²) in [6, 6.07) is 9.54. The van der Waals surface area contributed by atoms with Gasteiger partial charge in [-0.2, -0.15) is 13.2 Å². The van der Waals surface area contributed by atoms with E-state index >= 15 is 0 Å². The Morgan fingerprint density at radius 3 is 2.24 bits per heavy atom. The average Bonchev–Trinajstić information content (AvgIpc) is 2.68. The number of benzene rings is 2. The summed E-state index contributed by atoms with van der Waals surface area (Å²) < 4.78 is 49.9. The molecule has 2 aromatic rings. The Morgan fingerprint density at radius 1 is 1.07 bits per heavy atom. The highest BCUT2D eigenvalue weighted by Gasteiger charge is 2.31. The number of alkyl halides is 3. The van der Waals surface area contributed by atoms with E-state index in [9.17, 15) is 18.0 Å². The number of anilines is 2. The molecule has 5 nitrogen and oxygen atoms in total. The molecule has 9 heteroatoms. The van der Waals surface area contributed by atoms with E-state index in [2.05, 4.69) is 5.32 Å². The molecular weight excluding hydrogens is 409 g/mol. The number of ether oxygens (including phenoxy) is 2. The number of hydrogen-bond acceptors (Lipinski definition) is 4. The molecule has 0 bridgehead atoms. The first kappa shape index (κ1) is 23.0. The van der Waals surface area contributed by atoms with Gasteiger partial charge < -0.3 is 19.7 Å². The van der Waals surface area contributed by atoms with Crippen LogP contribution in [0.15, 0.2) is 42.5 Å². The molecule has 0 aliphatic carbocycles. The molecule has 29 heavy (non-hydrogen) atoms. The van der Waals surface area contributed by atoms with Gasteiger partial charge in [0.05, 0.1) is 40.7 Å². The van der Waals surface area contributed by atoms with Gasteiger partial charge in [-0.3, -0.25) is 4.79 Å². The van der Waals surface area contributed by atoms with E-state index < -0.39 is 17.6 Å². The SMILES string of the molecule is COCCN(CCOC)c1ccc(C(F)(F)F)cc1NC(=O)c1ccccc1Cl. The third kappa shape index (κ3) is 6.35. The van der Waals surface area contributed by atoms with Crippen LogP contribution in [0.3, 0.4) is 0 Å². The van der Waals surface area contributed by atoms with Crippen LogP contribution in [0.1, 0.15) is 15.9 Å². The molecule has 2 aromatic carbocycles. The van der Waals surface area contributed by atoms with Crippen LogP contribution in [0.25, 0.3) is 0 Å². The summed E-state index contributed by atoms with van der Waals surface area (Å²) in [5, 5.41) is 2.77.